The largest absolute Gasteiger partial charge is 0.338 e. The lowest BCUT2D eigenvalue weighted by Crippen LogP contribution is -1.98. The Kier molecular flexibility index (Phi) is 2.63. The number of hydrogen-bond donors (Lipinski definition) is 0. The second-order valence-corrected chi connectivity index (χ2v) is 4.41. The van der Waals surface area contributed by atoms with Gasteiger partial charge in [0.25, 0.3) is 0 Å². The molecule has 0 radical (unpaired) electrons. The molecule has 0 bridgehead atoms. The van der Waals surface area contributed by atoms with Gasteiger partial charge in [-0.1, -0.05) is 24.2 Å². The van der Waals surface area contributed by atoms with Crippen molar-refractivity contribution in [2.75, 3.05) is 0 Å². The summed E-state index contributed by atoms with van der Waals surface area (Å²) in [5.74, 6) is 1.42. The summed E-state index contributed by atoms with van der Waals surface area (Å²) in [5.41, 5.74) is 2.48. The maximum Gasteiger partial charge on any atom is 0.246 e. The van der Waals surface area contributed by atoms with E-state index < -0.39 is 0 Å². The number of benzene rings is 1. The third-order valence-corrected chi connectivity index (χ3v) is 3.16. The van der Waals surface area contributed by atoms with Crippen LogP contribution in [0.3, 0.4) is 0 Å². The fourth-order valence-corrected chi connectivity index (χ4v) is 2.16. The van der Waals surface area contributed by atoms with Crippen molar-refractivity contribution in [1.82, 2.24) is 14.7 Å². The van der Waals surface area contributed by atoms with Gasteiger partial charge in [0.2, 0.25) is 5.89 Å². The topological polar surface area (TPSA) is 43.9 Å². The number of aromatic nitrogens is 3. The van der Waals surface area contributed by atoms with Gasteiger partial charge >= 0.3 is 0 Å². The Morgan fingerprint density at radius 2 is 2.17 bits per heavy atom. The minimum Gasteiger partial charge on any atom is -0.338 e. The minimum absolute atomic E-state index is 0.625. The predicted octanol–water partition coefficient (Wildman–Crippen LogP) is 2.94. The van der Waals surface area contributed by atoms with Crippen molar-refractivity contribution in [3.63, 3.8) is 0 Å². The van der Waals surface area contributed by atoms with E-state index in [1.54, 1.807) is 0 Å². The van der Waals surface area contributed by atoms with Gasteiger partial charge in [-0.2, -0.15) is 4.98 Å². The summed E-state index contributed by atoms with van der Waals surface area (Å²) in [4.78, 5) is 4.33. The van der Waals surface area contributed by atoms with Crippen LogP contribution < -0.4 is 0 Å². The molecule has 18 heavy (non-hydrogen) atoms. The number of aryl methyl sites for hydroxylation is 2. The van der Waals surface area contributed by atoms with Crippen molar-refractivity contribution < 1.29 is 4.52 Å². The van der Waals surface area contributed by atoms with Crippen molar-refractivity contribution in [3.05, 3.63) is 47.7 Å². The van der Waals surface area contributed by atoms with Crippen molar-refractivity contribution >= 4 is 10.9 Å². The van der Waals surface area contributed by atoms with Crippen molar-refractivity contribution in [1.29, 1.82) is 0 Å². The Labute approximate surface area is 105 Å². The molecule has 3 rings (SSSR count). The number of nitrogens with zero attached hydrogens (tertiary/aromatic N) is 3. The second kappa shape index (κ2) is 4.29. The lowest BCUT2D eigenvalue weighted by molar-refractivity contribution is 0.368. The van der Waals surface area contributed by atoms with E-state index in [4.69, 9.17) is 4.52 Å². The van der Waals surface area contributed by atoms with Crippen LogP contribution in [0.5, 0.6) is 0 Å². The fourth-order valence-electron chi connectivity index (χ4n) is 2.16. The molecule has 0 amide bonds. The van der Waals surface area contributed by atoms with E-state index in [-0.39, 0.29) is 0 Å². The van der Waals surface area contributed by atoms with Crippen molar-refractivity contribution in [2.24, 2.45) is 0 Å². The highest BCUT2D eigenvalue weighted by molar-refractivity contribution is 5.83. The summed E-state index contributed by atoms with van der Waals surface area (Å²) in [5, 5.41) is 5.18. The first-order valence-electron chi connectivity index (χ1n) is 6.14. The SMILES string of the molecule is CCc1noc(Cn2ccc3c(C)cccc32)n1. The molecule has 2 heterocycles. The Bertz CT molecular complexity index is 681. The zero-order chi connectivity index (χ0) is 12.5. The van der Waals surface area contributed by atoms with E-state index in [1.807, 2.05) is 6.92 Å². The van der Waals surface area contributed by atoms with Gasteiger partial charge in [0.1, 0.15) is 6.54 Å². The van der Waals surface area contributed by atoms with Gasteiger partial charge in [-0.15, -0.1) is 0 Å². The molecule has 4 heteroatoms. The first-order valence-corrected chi connectivity index (χ1v) is 6.14. The quantitative estimate of drug-likeness (QED) is 0.708. The van der Waals surface area contributed by atoms with Gasteiger partial charge < -0.3 is 9.09 Å². The van der Waals surface area contributed by atoms with E-state index >= 15 is 0 Å². The maximum absolute atomic E-state index is 5.23. The Hall–Kier alpha value is -2.10. The van der Waals surface area contributed by atoms with Crippen LogP contribution in [0.4, 0.5) is 0 Å². The molecule has 0 saturated heterocycles. The van der Waals surface area contributed by atoms with Crippen LogP contribution in [0.15, 0.2) is 35.0 Å². The van der Waals surface area contributed by atoms with E-state index in [0.29, 0.717) is 12.4 Å². The van der Waals surface area contributed by atoms with Crippen LogP contribution in [0.1, 0.15) is 24.2 Å². The van der Waals surface area contributed by atoms with Gasteiger partial charge in [0.15, 0.2) is 5.82 Å². The standard InChI is InChI=1S/C14H15N3O/c1-3-13-15-14(18-16-13)9-17-8-7-11-10(2)5-4-6-12(11)17/h4-8H,3,9H2,1-2H3. The molecule has 0 saturated carbocycles. The molecular formula is C14H15N3O. The first-order chi connectivity index (χ1) is 8.78. The fraction of sp³-hybridized carbons (Fsp3) is 0.286. The van der Waals surface area contributed by atoms with E-state index in [9.17, 15) is 0 Å². The lowest BCUT2D eigenvalue weighted by atomic mass is 10.1. The molecule has 3 aromatic rings. The average Bonchev–Trinajstić information content (AvgIpc) is 2.98. The Morgan fingerprint density at radius 1 is 1.28 bits per heavy atom. The molecule has 0 aliphatic rings. The molecule has 92 valence electrons. The molecule has 0 unspecified atom stereocenters. The van der Waals surface area contributed by atoms with Gasteiger partial charge in [0.05, 0.1) is 0 Å². The normalized spacial score (nSPS) is 11.2. The van der Waals surface area contributed by atoms with Crippen LogP contribution in [0.2, 0.25) is 0 Å². The highest BCUT2D eigenvalue weighted by Gasteiger charge is 2.08. The predicted molar refractivity (Wildman–Crippen MR) is 69.5 cm³/mol. The van der Waals surface area contributed by atoms with Crippen LogP contribution in [-0.4, -0.2) is 14.7 Å². The van der Waals surface area contributed by atoms with Crippen molar-refractivity contribution in [2.45, 2.75) is 26.8 Å². The third-order valence-electron chi connectivity index (χ3n) is 3.16. The monoisotopic (exact) mass is 241 g/mol. The molecule has 4 nitrogen and oxygen atoms in total. The summed E-state index contributed by atoms with van der Waals surface area (Å²) < 4.78 is 7.36. The maximum atomic E-state index is 5.23. The summed E-state index contributed by atoms with van der Waals surface area (Å²) in [6.07, 6.45) is 2.86. The zero-order valence-corrected chi connectivity index (χ0v) is 10.6. The van der Waals surface area contributed by atoms with Crippen LogP contribution in [-0.2, 0) is 13.0 Å². The van der Waals surface area contributed by atoms with Crippen LogP contribution >= 0.6 is 0 Å². The molecule has 0 fully saturated rings. The molecular weight excluding hydrogens is 226 g/mol. The number of rotatable bonds is 3. The summed E-state index contributed by atoms with van der Waals surface area (Å²) >= 11 is 0. The van der Waals surface area contributed by atoms with Gasteiger partial charge in [-0.25, -0.2) is 0 Å². The first kappa shape index (κ1) is 11.0. The molecule has 0 atom stereocenters. The minimum atomic E-state index is 0.625. The Morgan fingerprint density at radius 3 is 2.94 bits per heavy atom. The van der Waals surface area contributed by atoms with Crippen LogP contribution in [0, 0.1) is 6.92 Å². The highest BCUT2D eigenvalue weighted by Crippen LogP contribution is 2.20. The van der Waals surface area contributed by atoms with Crippen LogP contribution in [0.25, 0.3) is 10.9 Å². The summed E-state index contributed by atoms with van der Waals surface area (Å²) in [6.45, 7) is 4.76. The Balaban J connectivity index is 1.97. The van der Waals surface area contributed by atoms with Crippen molar-refractivity contribution in [3.8, 4) is 0 Å². The van der Waals surface area contributed by atoms with Gasteiger partial charge in [-0.3, -0.25) is 0 Å². The molecule has 1 aromatic carbocycles. The van der Waals surface area contributed by atoms with Gasteiger partial charge in [-0.05, 0) is 24.6 Å². The van der Waals surface area contributed by atoms with E-state index in [2.05, 4.69) is 52.1 Å². The number of hydrogen-bond acceptors (Lipinski definition) is 3. The smallest absolute Gasteiger partial charge is 0.246 e. The molecule has 2 aromatic heterocycles. The zero-order valence-electron chi connectivity index (χ0n) is 10.6. The molecule has 0 N–H and O–H groups in total. The average molecular weight is 241 g/mol. The highest BCUT2D eigenvalue weighted by atomic mass is 16.5. The van der Waals surface area contributed by atoms with E-state index in [1.165, 1.54) is 16.5 Å². The second-order valence-electron chi connectivity index (χ2n) is 4.41. The molecule has 0 aliphatic heterocycles. The number of fused-ring (bicyclic) bond motifs is 1. The summed E-state index contributed by atoms with van der Waals surface area (Å²) in [6, 6.07) is 8.43. The molecule has 0 spiro atoms. The lowest BCUT2D eigenvalue weighted by Gasteiger charge is -2.02. The van der Waals surface area contributed by atoms with E-state index in [0.717, 1.165) is 12.2 Å². The van der Waals surface area contributed by atoms with Gasteiger partial charge in [0, 0.05) is 23.5 Å². The summed E-state index contributed by atoms with van der Waals surface area (Å²) in [7, 11) is 0. The molecule has 0 aliphatic carbocycles. The third kappa shape index (κ3) is 1.79.